The summed E-state index contributed by atoms with van der Waals surface area (Å²) in [6.07, 6.45) is -5.22. The molecule has 58 valence electrons. The number of alkyl halides is 2. The number of rotatable bonds is 0. The van der Waals surface area contributed by atoms with Gasteiger partial charge in [-0.2, -0.15) is 4.39 Å². The van der Waals surface area contributed by atoms with Crippen molar-refractivity contribution in [3.8, 4) is 0 Å². The Morgan fingerprint density at radius 1 is 1.50 bits per heavy atom. The highest BCUT2D eigenvalue weighted by atomic mass is 19.2. The van der Waals surface area contributed by atoms with E-state index in [9.17, 15) is 13.6 Å². The van der Waals surface area contributed by atoms with Gasteiger partial charge in [0.05, 0.1) is 6.61 Å². The van der Waals surface area contributed by atoms with Crippen LogP contribution in [0.15, 0.2) is 0 Å². The minimum absolute atomic E-state index is 0.125. The average Bonchev–Trinajstić information content (AvgIpc) is 1.96. The number of carbonyl (C=O) groups is 1. The van der Waals surface area contributed by atoms with E-state index in [-0.39, 0.29) is 13.0 Å². The van der Waals surface area contributed by atoms with Gasteiger partial charge in [0, 0.05) is 6.42 Å². The second kappa shape index (κ2) is 2.81. The highest BCUT2D eigenvalue weighted by Gasteiger charge is 2.28. The summed E-state index contributed by atoms with van der Waals surface area (Å²) in [6.45, 7) is -0.125. The first-order chi connectivity index (χ1) is 4.70. The van der Waals surface area contributed by atoms with E-state index < -0.39 is 18.7 Å². The van der Waals surface area contributed by atoms with Crippen molar-refractivity contribution >= 4 is 6.16 Å². The van der Waals surface area contributed by atoms with E-state index in [1.165, 1.54) is 0 Å². The van der Waals surface area contributed by atoms with E-state index in [1.54, 1.807) is 0 Å². The third-order valence-electron chi connectivity index (χ3n) is 1.11. The fraction of sp³-hybridized carbons (Fsp3) is 0.800. The molecule has 2 unspecified atom stereocenters. The minimum Gasteiger partial charge on any atom is -0.434 e. The van der Waals surface area contributed by atoms with Crippen molar-refractivity contribution in [1.29, 1.82) is 0 Å². The predicted molar refractivity (Wildman–Crippen MR) is 26.8 cm³/mol. The summed E-state index contributed by atoms with van der Waals surface area (Å²) in [7, 11) is 0. The summed E-state index contributed by atoms with van der Waals surface area (Å²) in [5.74, 6) is 0. The first kappa shape index (κ1) is 7.24. The molecular formula is C5H6F2O3. The van der Waals surface area contributed by atoms with Crippen LogP contribution in [0.2, 0.25) is 0 Å². The number of hydrogen-bond acceptors (Lipinski definition) is 3. The van der Waals surface area contributed by atoms with Gasteiger partial charge in [-0.25, -0.2) is 9.18 Å². The van der Waals surface area contributed by atoms with Gasteiger partial charge in [0.25, 0.3) is 6.36 Å². The van der Waals surface area contributed by atoms with Crippen molar-refractivity contribution in [2.75, 3.05) is 6.61 Å². The number of ether oxygens (including phenoxy) is 2. The van der Waals surface area contributed by atoms with Crippen LogP contribution in [0.5, 0.6) is 0 Å². The van der Waals surface area contributed by atoms with Crippen molar-refractivity contribution < 1.29 is 23.0 Å². The average molecular weight is 152 g/mol. The lowest BCUT2D eigenvalue weighted by Gasteiger charge is -2.05. The van der Waals surface area contributed by atoms with E-state index in [0.29, 0.717) is 0 Å². The third kappa shape index (κ3) is 1.55. The molecule has 0 amide bonds. The SMILES string of the molecule is O=C1OCCC(F)C(F)O1. The molecule has 3 nitrogen and oxygen atoms in total. The fourth-order valence-electron chi connectivity index (χ4n) is 0.586. The third-order valence-corrected chi connectivity index (χ3v) is 1.11. The summed E-state index contributed by atoms with van der Waals surface area (Å²) < 4.78 is 32.5. The molecule has 0 aromatic carbocycles. The van der Waals surface area contributed by atoms with Gasteiger partial charge in [0.2, 0.25) is 0 Å². The fourth-order valence-corrected chi connectivity index (χ4v) is 0.586. The summed E-state index contributed by atoms with van der Waals surface area (Å²) in [6, 6.07) is 0. The molecule has 0 aliphatic carbocycles. The van der Waals surface area contributed by atoms with E-state index >= 15 is 0 Å². The van der Waals surface area contributed by atoms with Crippen molar-refractivity contribution in [1.82, 2.24) is 0 Å². The maximum atomic E-state index is 12.3. The normalized spacial score (nSPS) is 34.0. The molecule has 0 spiro atoms. The van der Waals surface area contributed by atoms with Crippen LogP contribution in [0.25, 0.3) is 0 Å². The molecule has 0 bridgehead atoms. The highest BCUT2D eigenvalue weighted by molar-refractivity contribution is 5.60. The summed E-state index contributed by atoms with van der Waals surface area (Å²) in [5.41, 5.74) is 0. The van der Waals surface area contributed by atoms with E-state index in [1.807, 2.05) is 0 Å². The van der Waals surface area contributed by atoms with Crippen LogP contribution in [0.4, 0.5) is 13.6 Å². The minimum atomic E-state index is -2.17. The van der Waals surface area contributed by atoms with Crippen molar-refractivity contribution in [2.45, 2.75) is 19.0 Å². The standard InChI is InChI=1S/C5H6F2O3/c6-3-1-2-9-5(8)10-4(3)7/h3-4H,1-2H2. The summed E-state index contributed by atoms with van der Waals surface area (Å²) in [4.78, 5) is 10.2. The topological polar surface area (TPSA) is 35.5 Å². The zero-order valence-corrected chi connectivity index (χ0v) is 5.05. The van der Waals surface area contributed by atoms with Crippen LogP contribution >= 0.6 is 0 Å². The monoisotopic (exact) mass is 152 g/mol. The molecule has 1 aliphatic rings. The first-order valence-corrected chi connectivity index (χ1v) is 2.81. The first-order valence-electron chi connectivity index (χ1n) is 2.81. The molecule has 0 N–H and O–H groups in total. The molecule has 0 aromatic heterocycles. The zero-order chi connectivity index (χ0) is 7.56. The Kier molecular flexibility index (Phi) is 2.03. The molecule has 1 aliphatic heterocycles. The Balaban J connectivity index is 2.49. The van der Waals surface area contributed by atoms with Gasteiger partial charge in [-0.15, -0.1) is 0 Å². The molecule has 1 fully saturated rings. The highest BCUT2D eigenvalue weighted by Crippen LogP contribution is 2.14. The largest absolute Gasteiger partial charge is 0.510 e. The Bertz CT molecular complexity index is 139. The van der Waals surface area contributed by atoms with Gasteiger partial charge >= 0.3 is 6.16 Å². The molecule has 0 saturated carbocycles. The summed E-state index contributed by atoms with van der Waals surface area (Å²) in [5, 5.41) is 0. The molecule has 1 heterocycles. The van der Waals surface area contributed by atoms with Gasteiger partial charge in [-0.3, -0.25) is 0 Å². The quantitative estimate of drug-likeness (QED) is 0.489. The lowest BCUT2D eigenvalue weighted by Crippen LogP contribution is -2.19. The van der Waals surface area contributed by atoms with E-state index in [4.69, 9.17) is 0 Å². The van der Waals surface area contributed by atoms with Crippen molar-refractivity contribution in [2.24, 2.45) is 0 Å². The molecule has 0 radical (unpaired) electrons. The Labute approximate surface area is 55.9 Å². The number of hydrogen-bond donors (Lipinski definition) is 0. The van der Waals surface area contributed by atoms with Crippen LogP contribution in [-0.2, 0) is 9.47 Å². The van der Waals surface area contributed by atoms with Crippen molar-refractivity contribution in [3.63, 3.8) is 0 Å². The molecule has 1 rings (SSSR count). The maximum absolute atomic E-state index is 12.3. The van der Waals surface area contributed by atoms with Gasteiger partial charge in [-0.1, -0.05) is 0 Å². The smallest absolute Gasteiger partial charge is 0.434 e. The Morgan fingerprint density at radius 2 is 2.20 bits per heavy atom. The lowest BCUT2D eigenvalue weighted by atomic mass is 10.3. The predicted octanol–water partition coefficient (Wildman–Crippen LogP) is 1.18. The lowest BCUT2D eigenvalue weighted by molar-refractivity contribution is -0.0466. The molecular weight excluding hydrogens is 146 g/mol. The van der Waals surface area contributed by atoms with E-state index in [0.717, 1.165) is 0 Å². The Hall–Kier alpha value is -0.870. The van der Waals surface area contributed by atoms with E-state index in [2.05, 4.69) is 9.47 Å². The number of carbonyl (C=O) groups excluding carboxylic acids is 1. The second-order valence-electron chi connectivity index (χ2n) is 1.87. The van der Waals surface area contributed by atoms with Crippen LogP contribution < -0.4 is 0 Å². The van der Waals surface area contributed by atoms with Gasteiger partial charge in [0.15, 0.2) is 6.17 Å². The Morgan fingerprint density at radius 3 is 2.90 bits per heavy atom. The van der Waals surface area contributed by atoms with Gasteiger partial charge < -0.3 is 9.47 Å². The molecule has 1 saturated heterocycles. The van der Waals surface area contributed by atoms with Crippen molar-refractivity contribution in [3.05, 3.63) is 0 Å². The summed E-state index contributed by atoms with van der Waals surface area (Å²) >= 11 is 0. The maximum Gasteiger partial charge on any atom is 0.510 e. The molecule has 5 heteroatoms. The van der Waals surface area contributed by atoms with Crippen LogP contribution in [0.3, 0.4) is 0 Å². The van der Waals surface area contributed by atoms with Crippen LogP contribution in [0.1, 0.15) is 6.42 Å². The van der Waals surface area contributed by atoms with Crippen LogP contribution in [-0.4, -0.2) is 25.3 Å². The molecule has 2 atom stereocenters. The number of cyclic esters (lactones) is 2. The number of halogens is 2. The van der Waals surface area contributed by atoms with Gasteiger partial charge in [0.1, 0.15) is 0 Å². The van der Waals surface area contributed by atoms with Crippen LogP contribution in [0, 0.1) is 0 Å². The zero-order valence-electron chi connectivity index (χ0n) is 5.05. The molecule has 10 heavy (non-hydrogen) atoms. The second-order valence-corrected chi connectivity index (χ2v) is 1.87. The van der Waals surface area contributed by atoms with Gasteiger partial charge in [-0.05, 0) is 0 Å². The molecule has 0 aromatic rings.